The van der Waals surface area contributed by atoms with Gasteiger partial charge in [-0.2, -0.15) is 0 Å². The fourth-order valence-corrected chi connectivity index (χ4v) is 2.82. The number of hydrogen-bond acceptors (Lipinski definition) is 4. The van der Waals surface area contributed by atoms with Crippen LogP contribution >= 0.6 is 0 Å². The molecule has 0 saturated heterocycles. The van der Waals surface area contributed by atoms with E-state index >= 15 is 0 Å². The molecule has 7 nitrogen and oxygen atoms in total. The van der Waals surface area contributed by atoms with Crippen LogP contribution in [0.15, 0.2) is 0 Å². The van der Waals surface area contributed by atoms with Gasteiger partial charge in [-0.05, 0) is 19.3 Å². The molecule has 0 spiro atoms. The molecule has 8 heteroatoms. The lowest BCUT2D eigenvalue weighted by atomic mass is 10.1. The van der Waals surface area contributed by atoms with Crippen molar-refractivity contribution in [2.45, 2.75) is 38.3 Å². The van der Waals surface area contributed by atoms with E-state index in [2.05, 4.69) is 10.6 Å². The van der Waals surface area contributed by atoms with E-state index in [1.807, 2.05) is 0 Å². The molecule has 0 aromatic heterocycles. The first-order valence-corrected chi connectivity index (χ1v) is 8.21. The minimum atomic E-state index is -3.18. The molecule has 1 fully saturated rings. The van der Waals surface area contributed by atoms with E-state index in [4.69, 9.17) is 5.11 Å². The maximum atomic E-state index is 11.6. The summed E-state index contributed by atoms with van der Waals surface area (Å²) in [7, 11) is -3.18. The molecule has 0 heterocycles. The molecule has 2 amide bonds. The van der Waals surface area contributed by atoms with Crippen LogP contribution < -0.4 is 10.6 Å². The number of carbonyl (C=O) groups excluding carboxylic acids is 1. The molecule has 0 aromatic carbocycles. The van der Waals surface area contributed by atoms with Crippen molar-refractivity contribution in [3.63, 3.8) is 0 Å². The molecule has 110 valence electrons. The summed E-state index contributed by atoms with van der Waals surface area (Å²) in [6.07, 6.45) is 3.49. The molecule has 0 radical (unpaired) electrons. The molecule has 1 aliphatic rings. The fraction of sp³-hybridized carbons (Fsp3) is 0.818. The van der Waals surface area contributed by atoms with Gasteiger partial charge in [0.25, 0.3) is 0 Å². The van der Waals surface area contributed by atoms with Crippen LogP contribution in [0.25, 0.3) is 0 Å². The predicted molar refractivity (Wildman–Crippen MR) is 69.6 cm³/mol. The van der Waals surface area contributed by atoms with Gasteiger partial charge < -0.3 is 15.7 Å². The van der Waals surface area contributed by atoms with Gasteiger partial charge in [0.2, 0.25) is 0 Å². The number of nitrogens with one attached hydrogen (secondary N) is 2. The average Bonchev–Trinajstić information content (AvgIpc) is 2.96. The SMILES string of the molecule is CC(CS(C)(=O)=O)NC(=O)N[C@@H](CC1CC1)C(=O)O. The van der Waals surface area contributed by atoms with E-state index in [0.717, 1.165) is 19.1 Å². The van der Waals surface area contributed by atoms with Crippen LogP contribution in [0.4, 0.5) is 4.79 Å². The van der Waals surface area contributed by atoms with Crippen LogP contribution in [0.5, 0.6) is 0 Å². The van der Waals surface area contributed by atoms with Crippen molar-refractivity contribution in [3.05, 3.63) is 0 Å². The molecule has 0 aromatic rings. The Bertz CT molecular complexity index is 444. The highest BCUT2D eigenvalue weighted by molar-refractivity contribution is 7.90. The second kappa shape index (κ2) is 6.23. The minimum absolute atomic E-state index is 0.180. The Morgan fingerprint density at radius 1 is 1.32 bits per heavy atom. The fourth-order valence-electron chi connectivity index (χ4n) is 1.83. The van der Waals surface area contributed by atoms with Crippen molar-refractivity contribution < 1.29 is 23.1 Å². The Kier molecular flexibility index (Phi) is 5.16. The number of aliphatic carboxylic acids is 1. The van der Waals surface area contributed by atoms with Crippen molar-refractivity contribution in [2.24, 2.45) is 5.92 Å². The minimum Gasteiger partial charge on any atom is -0.480 e. The van der Waals surface area contributed by atoms with Gasteiger partial charge in [0.15, 0.2) is 0 Å². The van der Waals surface area contributed by atoms with Crippen molar-refractivity contribution in [1.29, 1.82) is 0 Å². The van der Waals surface area contributed by atoms with Gasteiger partial charge in [-0.1, -0.05) is 12.8 Å². The molecule has 1 rings (SSSR count). The first-order chi connectivity index (χ1) is 8.67. The van der Waals surface area contributed by atoms with E-state index in [1.54, 1.807) is 6.92 Å². The Labute approximate surface area is 112 Å². The van der Waals surface area contributed by atoms with Gasteiger partial charge in [0, 0.05) is 12.3 Å². The van der Waals surface area contributed by atoms with Gasteiger partial charge in [0.1, 0.15) is 15.9 Å². The second-order valence-electron chi connectivity index (χ2n) is 5.18. The second-order valence-corrected chi connectivity index (χ2v) is 7.37. The maximum Gasteiger partial charge on any atom is 0.326 e. The van der Waals surface area contributed by atoms with Gasteiger partial charge in [-0.25, -0.2) is 18.0 Å². The topological polar surface area (TPSA) is 113 Å². The molecule has 1 unspecified atom stereocenters. The highest BCUT2D eigenvalue weighted by Crippen LogP contribution is 2.33. The summed E-state index contributed by atoms with van der Waals surface area (Å²) in [6, 6.07) is -2.13. The maximum absolute atomic E-state index is 11.6. The van der Waals surface area contributed by atoms with Crippen LogP contribution in [0.2, 0.25) is 0 Å². The average molecular weight is 292 g/mol. The lowest BCUT2D eigenvalue weighted by molar-refractivity contribution is -0.139. The summed E-state index contributed by atoms with van der Waals surface area (Å²) in [5, 5.41) is 13.8. The van der Waals surface area contributed by atoms with Gasteiger partial charge in [0.05, 0.1) is 5.75 Å². The van der Waals surface area contributed by atoms with Crippen molar-refractivity contribution in [1.82, 2.24) is 10.6 Å². The zero-order valence-corrected chi connectivity index (χ0v) is 11.9. The number of carboxylic acids is 1. The molecular weight excluding hydrogens is 272 g/mol. The van der Waals surface area contributed by atoms with E-state index in [9.17, 15) is 18.0 Å². The largest absolute Gasteiger partial charge is 0.480 e. The molecule has 3 N–H and O–H groups in total. The Morgan fingerprint density at radius 3 is 2.32 bits per heavy atom. The zero-order chi connectivity index (χ0) is 14.6. The van der Waals surface area contributed by atoms with Crippen LogP contribution in [-0.2, 0) is 14.6 Å². The van der Waals surface area contributed by atoms with Crippen LogP contribution in [-0.4, -0.2) is 49.6 Å². The molecular formula is C11H20N2O5S. The van der Waals surface area contributed by atoms with Crippen molar-refractivity contribution in [2.75, 3.05) is 12.0 Å². The van der Waals surface area contributed by atoms with Gasteiger partial charge in [-0.15, -0.1) is 0 Å². The first-order valence-electron chi connectivity index (χ1n) is 6.15. The summed E-state index contributed by atoms with van der Waals surface area (Å²) in [5.41, 5.74) is 0. The molecule has 0 aliphatic heterocycles. The van der Waals surface area contributed by atoms with Crippen LogP contribution in [0, 0.1) is 5.92 Å². The number of rotatable bonds is 7. The third-order valence-corrected chi connectivity index (χ3v) is 3.91. The smallest absolute Gasteiger partial charge is 0.326 e. The molecule has 1 aliphatic carbocycles. The molecule has 19 heavy (non-hydrogen) atoms. The number of hydrogen-bond donors (Lipinski definition) is 3. The number of sulfone groups is 1. The zero-order valence-electron chi connectivity index (χ0n) is 11.0. The number of amides is 2. The highest BCUT2D eigenvalue weighted by atomic mass is 32.2. The van der Waals surface area contributed by atoms with Crippen molar-refractivity contribution in [3.8, 4) is 0 Å². The number of carboxylic acid groups (broad SMARTS) is 1. The Morgan fingerprint density at radius 2 is 1.89 bits per heavy atom. The number of carbonyl (C=O) groups is 2. The van der Waals surface area contributed by atoms with E-state index in [1.165, 1.54) is 0 Å². The summed E-state index contributed by atoms with van der Waals surface area (Å²) in [4.78, 5) is 22.6. The highest BCUT2D eigenvalue weighted by Gasteiger charge is 2.30. The summed E-state index contributed by atoms with van der Waals surface area (Å²) in [5.74, 6) is -0.881. The summed E-state index contributed by atoms with van der Waals surface area (Å²) in [6.45, 7) is 1.55. The normalized spacial score (nSPS) is 18.4. The summed E-state index contributed by atoms with van der Waals surface area (Å²) < 4.78 is 22.1. The molecule has 0 bridgehead atoms. The standard InChI is InChI=1S/C11H20N2O5S/c1-7(6-19(2,17)18)12-11(16)13-9(10(14)15)5-8-3-4-8/h7-9H,3-6H2,1-2H3,(H,14,15)(H2,12,13,16)/t7?,9-/m0/s1. The van der Waals surface area contributed by atoms with E-state index < -0.39 is 33.9 Å². The van der Waals surface area contributed by atoms with Gasteiger partial charge >= 0.3 is 12.0 Å². The third kappa shape index (κ3) is 7.00. The molecule has 2 atom stereocenters. The molecule has 1 saturated carbocycles. The Balaban J connectivity index is 2.41. The predicted octanol–water partition coefficient (Wildman–Crippen LogP) is -0.0280. The van der Waals surface area contributed by atoms with Crippen LogP contribution in [0.3, 0.4) is 0 Å². The Hall–Kier alpha value is -1.31. The van der Waals surface area contributed by atoms with Crippen LogP contribution in [0.1, 0.15) is 26.2 Å². The number of urea groups is 1. The van der Waals surface area contributed by atoms with Gasteiger partial charge in [-0.3, -0.25) is 0 Å². The van der Waals surface area contributed by atoms with E-state index in [-0.39, 0.29) is 5.75 Å². The lowest BCUT2D eigenvalue weighted by Crippen LogP contribution is -2.49. The first kappa shape index (κ1) is 15.7. The third-order valence-electron chi connectivity index (χ3n) is 2.80. The van der Waals surface area contributed by atoms with Crippen molar-refractivity contribution >= 4 is 21.8 Å². The van der Waals surface area contributed by atoms with E-state index in [0.29, 0.717) is 12.3 Å². The monoisotopic (exact) mass is 292 g/mol. The summed E-state index contributed by atoms with van der Waals surface area (Å²) >= 11 is 0. The lowest BCUT2D eigenvalue weighted by Gasteiger charge is -2.17. The quantitative estimate of drug-likeness (QED) is 0.610.